The lowest BCUT2D eigenvalue weighted by Gasteiger charge is -2.25. The molecular weight excluding hydrogens is 309 g/mol. The summed E-state index contributed by atoms with van der Waals surface area (Å²) in [7, 11) is 0. The Bertz CT molecular complexity index is 607. The van der Waals surface area contributed by atoms with E-state index in [0.717, 1.165) is 16.3 Å². The molecular formula is C13H8Cl3NS. The Morgan fingerprint density at radius 3 is 2.39 bits per heavy atom. The summed E-state index contributed by atoms with van der Waals surface area (Å²) in [6.07, 6.45) is 0. The minimum Gasteiger partial charge on any atom is -0.353 e. The fourth-order valence-corrected chi connectivity index (χ4v) is 3.39. The van der Waals surface area contributed by atoms with Gasteiger partial charge in [-0.15, -0.1) is 0 Å². The summed E-state index contributed by atoms with van der Waals surface area (Å²) < 4.78 is -1.43. The Labute approximate surface area is 124 Å². The van der Waals surface area contributed by atoms with E-state index in [9.17, 15) is 0 Å². The van der Waals surface area contributed by atoms with Crippen molar-refractivity contribution in [1.29, 1.82) is 0 Å². The fourth-order valence-electron chi connectivity index (χ4n) is 1.89. The average Bonchev–Trinajstić information content (AvgIpc) is 2.34. The van der Waals surface area contributed by atoms with Crippen LogP contribution in [0.3, 0.4) is 0 Å². The molecule has 5 heteroatoms. The normalized spacial score (nSPS) is 13.5. The molecule has 0 saturated carbocycles. The van der Waals surface area contributed by atoms with Gasteiger partial charge in [0.1, 0.15) is 0 Å². The van der Waals surface area contributed by atoms with Gasteiger partial charge in [0.15, 0.2) is 0 Å². The minimum atomic E-state index is -1.43. The number of alkyl halides is 3. The maximum Gasteiger partial charge on any atom is 0.218 e. The largest absolute Gasteiger partial charge is 0.353 e. The van der Waals surface area contributed by atoms with E-state index in [2.05, 4.69) is 11.4 Å². The molecule has 0 radical (unpaired) electrons. The molecule has 3 rings (SSSR count). The van der Waals surface area contributed by atoms with Crippen molar-refractivity contribution in [3.05, 3.63) is 48.0 Å². The Kier molecular flexibility index (Phi) is 3.15. The van der Waals surface area contributed by atoms with E-state index in [0.29, 0.717) is 5.56 Å². The number of hydrogen-bond acceptors (Lipinski definition) is 2. The molecule has 0 saturated heterocycles. The summed E-state index contributed by atoms with van der Waals surface area (Å²) in [5.74, 6) is 0. The van der Waals surface area contributed by atoms with Crippen molar-refractivity contribution in [3.8, 4) is 0 Å². The molecule has 2 aromatic carbocycles. The number of halogens is 3. The maximum atomic E-state index is 6.00. The second-order valence-corrected chi connectivity index (χ2v) is 7.26. The van der Waals surface area contributed by atoms with Gasteiger partial charge < -0.3 is 5.32 Å². The Morgan fingerprint density at radius 1 is 0.889 bits per heavy atom. The van der Waals surface area contributed by atoms with Crippen LogP contribution >= 0.6 is 46.6 Å². The molecule has 1 aliphatic rings. The van der Waals surface area contributed by atoms with Crippen LogP contribution in [0.4, 0.5) is 11.4 Å². The highest BCUT2D eigenvalue weighted by Crippen LogP contribution is 2.50. The molecule has 0 amide bonds. The van der Waals surface area contributed by atoms with Crippen LogP contribution in [0.5, 0.6) is 0 Å². The molecule has 0 bridgehead atoms. The summed E-state index contributed by atoms with van der Waals surface area (Å²) in [6, 6.07) is 13.8. The number of nitrogens with one attached hydrogen (secondary N) is 1. The van der Waals surface area contributed by atoms with Crippen LogP contribution in [0.25, 0.3) is 0 Å². The highest BCUT2D eigenvalue weighted by molar-refractivity contribution is 7.99. The van der Waals surface area contributed by atoms with E-state index in [1.54, 1.807) is 11.8 Å². The lowest BCUT2D eigenvalue weighted by molar-refractivity contribution is 1.19. The van der Waals surface area contributed by atoms with Gasteiger partial charge in [0.05, 0.1) is 11.4 Å². The predicted octanol–water partition coefficient (Wildman–Crippen LogP) is 5.72. The van der Waals surface area contributed by atoms with Gasteiger partial charge in [0.2, 0.25) is 3.79 Å². The summed E-state index contributed by atoms with van der Waals surface area (Å²) in [6.45, 7) is 0. The molecule has 1 aliphatic heterocycles. The van der Waals surface area contributed by atoms with Gasteiger partial charge in [0, 0.05) is 15.4 Å². The monoisotopic (exact) mass is 315 g/mol. The van der Waals surface area contributed by atoms with E-state index >= 15 is 0 Å². The Morgan fingerprint density at radius 2 is 1.61 bits per heavy atom. The quantitative estimate of drug-likeness (QED) is 0.532. The van der Waals surface area contributed by atoms with Crippen molar-refractivity contribution in [1.82, 2.24) is 0 Å². The molecule has 1 nitrogen and oxygen atoms in total. The van der Waals surface area contributed by atoms with Crippen molar-refractivity contribution in [2.45, 2.75) is 13.6 Å². The van der Waals surface area contributed by atoms with Crippen LogP contribution in [-0.4, -0.2) is 0 Å². The summed E-state index contributed by atoms with van der Waals surface area (Å²) in [5, 5.41) is 3.34. The third-order valence-electron chi connectivity index (χ3n) is 2.70. The van der Waals surface area contributed by atoms with Crippen molar-refractivity contribution in [2.24, 2.45) is 0 Å². The van der Waals surface area contributed by atoms with Crippen LogP contribution in [0.2, 0.25) is 0 Å². The lowest BCUT2D eigenvalue weighted by Crippen LogP contribution is -2.08. The zero-order valence-electron chi connectivity index (χ0n) is 9.08. The van der Waals surface area contributed by atoms with Crippen LogP contribution in [0, 0.1) is 0 Å². The Balaban J connectivity index is 2.14. The molecule has 0 aliphatic carbocycles. The molecule has 2 aromatic rings. The van der Waals surface area contributed by atoms with Gasteiger partial charge in [0.25, 0.3) is 0 Å². The number of anilines is 2. The van der Waals surface area contributed by atoms with E-state index in [1.807, 2.05) is 36.4 Å². The zero-order chi connectivity index (χ0) is 12.8. The van der Waals surface area contributed by atoms with E-state index in [1.165, 1.54) is 4.90 Å². The van der Waals surface area contributed by atoms with Crippen LogP contribution in [0.15, 0.2) is 52.3 Å². The van der Waals surface area contributed by atoms with Crippen LogP contribution in [-0.2, 0) is 3.79 Å². The fraction of sp³-hybridized carbons (Fsp3) is 0.0769. The molecule has 0 unspecified atom stereocenters. The predicted molar refractivity (Wildman–Crippen MR) is 79.5 cm³/mol. The number of benzene rings is 2. The maximum absolute atomic E-state index is 6.00. The number of para-hydroxylation sites is 2. The summed E-state index contributed by atoms with van der Waals surface area (Å²) in [4.78, 5) is 2.24. The topological polar surface area (TPSA) is 12.0 Å². The molecule has 1 heterocycles. The van der Waals surface area contributed by atoms with Gasteiger partial charge in [-0.05, 0) is 18.2 Å². The van der Waals surface area contributed by atoms with Gasteiger partial charge in [-0.25, -0.2) is 0 Å². The first-order chi connectivity index (χ1) is 8.55. The van der Waals surface area contributed by atoms with E-state index in [4.69, 9.17) is 34.8 Å². The first-order valence-electron chi connectivity index (χ1n) is 5.30. The van der Waals surface area contributed by atoms with Gasteiger partial charge >= 0.3 is 0 Å². The van der Waals surface area contributed by atoms with Crippen LogP contribution in [0.1, 0.15) is 5.56 Å². The molecule has 0 atom stereocenters. The van der Waals surface area contributed by atoms with Crippen molar-refractivity contribution >= 4 is 57.9 Å². The zero-order valence-corrected chi connectivity index (χ0v) is 12.2. The number of fused-ring (bicyclic) bond motifs is 2. The van der Waals surface area contributed by atoms with Crippen molar-refractivity contribution < 1.29 is 0 Å². The SMILES string of the molecule is ClC(Cl)(Cl)c1cccc2c1Nc1ccccc1S2. The molecule has 0 fully saturated rings. The molecule has 0 spiro atoms. The molecule has 92 valence electrons. The van der Waals surface area contributed by atoms with E-state index in [-0.39, 0.29) is 0 Å². The molecule has 0 aromatic heterocycles. The standard InChI is InChI=1S/C13H8Cl3NS/c14-13(15,16)8-4-3-7-11-12(8)17-9-5-1-2-6-10(9)18-11/h1-7,17H. The third-order valence-corrected chi connectivity index (χ3v) is 4.45. The summed E-state index contributed by atoms with van der Waals surface area (Å²) in [5.41, 5.74) is 2.59. The Hall–Kier alpha value is -0.540. The number of rotatable bonds is 0. The van der Waals surface area contributed by atoms with Gasteiger partial charge in [-0.3, -0.25) is 0 Å². The van der Waals surface area contributed by atoms with Crippen LogP contribution < -0.4 is 5.32 Å². The van der Waals surface area contributed by atoms with Gasteiger partial charge in [-0.2, -0.15) is 0 Å². The number of hydrogen-bond donors (Lipinski definition) is 1. The smallest absolute Gasteiger partial charge is 0.218 e. The van der Waals surface area contributed by atoms with Crippen molar-refractivity contribution in [3.63, 3.8) is 0 Å². The summed E-state index contributed by atoms with van der Waals surface area (Å²) >= 11 is 19.7. The van der Waals surface area contributed by atoms with Crippen molar-refractivity contribution in [2.75, 3.05) is 5.32 Å². The van der Waals surface area contributed by atoms with E-state index < -0.39 is 3.79 Å². The minimum absolute atomic E-state index is 0.673. The van der Waals surface area contributed by atoms with Gasteiger partial charge in [-0.1, -0.05) is 70.8 Å². The third kappa shape index (κ3) is 2.19. The first kappa shape index (κ1) is 12.5. The first-order valence-corrected chi connectivity index (χ1v) is 7.25. The highest BCUT2D eigenvalue weighted by Gasteiger charge is 2.29. The second-order valence-electron chi connectivity index (χ2n) is 3.90. The average molecular weight is 317 g/mol. The molecule has 1 N–H and O–H groups in total. The lowest BCUT2D eigenvalue weighted by atomic mass is 10.1. The second kappa shape index (κ2) is 4.53. The molecule has 18 heavy (non-hydrogen) atoms. The highest BCUT2D eigenvalue weighted by atomic mass is 35.6.